The third-order valence-corrected chi connectivity index (χ3v) is 6.31. The molecule has 1 aliphatic carbocycles. The fourth-order valence-electron chi connectivity index (χ4n) is 3.04. The number of carbonyl (C=O) groups excluding carboxylic acids is 1. The van der Waals surface area contributed by atoms with Gasteiger partial charge in [0.2, 0.25) is 10.0 Å². The zero-order valence-electron chi connectivity index (χ0n) is 11.0. The molecule has 1 aromatic carbocycles. The Morgan fingerprint density at radius 3 is 2.11 bits per heavy atom. The van der Waals surface area contributed by atoms with Gasteiger partial charge in [-0.3, -0.25) is 4.79 Å². The minimum atomic E-state index is -3.45. The highest BCUT2D eigenvalue weighted by atomic mass is 32.2. The Balaban J connectivity index is 1.87. The predicted molar refractivity (Wildman–Crippen MR) is 71.1 cm³/mol. The van der Waals surface area contributed by atoms with E-state index in [9.17, 15) is 13.2 Å². The molecule has 1 saturated carbocycles. The summed E-state index contributed by atoms with van der Waals surface area (Å²) < 4.78 is 26.5. The molecular weight excluding hydrogens is 262 g/mol. The molecule has 3 fully saturated rings. The second-order valence-corrected chi connectivity index (χ2v) is 7.55. The first-order valence-corrected chi connectivity index (χ1v) is 7.96. The largest absolute Gasteiger partial charge is 0.299 e. The molecule has 19 heavy (non-hydrogen) atoms. The zero-order chi connectivity index (χ0) is 13.8. The molecule has 2 aliphatic heterocycles. The van der Waals surface area contributed by atoms with Crippen LogP contribution in [-0.4, -0.2) is 31.6 Å². The van der Waals surface area contributed by atoms with Gasteiger partial charge in [-0.25, -0.2) is 8.42 Å². The number of nitrogens with zero attached hydrogens (tertiary/aromatic N) is 1. The summed E-state index contributed by atoms with van der Waals surface area (Å²) in [5.41, 5.74) is 1.03. The van der Waals surface area contributed by atoms with Crippen molar-refractivity contribution in [1.82, 2.24) is 4.31 Å². The van der Waals surface area contributed by atoms with E-state index in [0.717, 1.165) is 5.56 Å². The SMILES string of the molecule is Cc1ccc(S(=O)(=O)N2CC3C(=O)C(C2)C3C)cc1. The van der Waals surface area contributed by atoms with Gasteiger partial charge in [0.05, 0.1) is 4.90 Å². The molecule has 4 nitrogen and oxygen atoms in total. The Morgan fingerprint density at radius 1 is 1.11 bits per heavy atom. The molecule has 0 aromatic heterocycles. The standard InChI is InChI=1S/C14H17NO3S/c1-9-3-5-11(6-4-9)19(17,18)15-7-12-10(2)13(8-15)14(12)16/h3-6,10,12-13H,7-8H2,1-2H3. The van der Waals surface area contributed by atoms with Gasteiger partial charge in [0.25, 0.3) is 0 Å². The summed E-state index contributed by atoms with van der Waals surface area (Å²) in [6.45, 7) is 4.64. The third kappa shape index (κ3) is 1.83. The number of aryl methyl sites for hydroxylation is 1. The second-order valence-electron chi connectivity index (χ2n) is 5.61. The van der Waals surface area contributed by atoms with Crippen molar-refractivity contribution in [3.63, 3.8) is 0 Å². The van der Waals surface area contributed by atoms with Crippen molar-refractivity contribution in [2.45, 2.75) is 18.7 Å². The van der Waals surface area contributed by atoms with Crippen LogP contribution in [-0.2, 0) is 14.8 Å². The minimum Gasteiger partial charge on any atom is -0.299 e. The number of sulfonamides is 1. The van der Waals surface area contributed by atoms with Gasteiger partial charge in [-0.1, -0.05) is 24.6 Å². The molecule has 0 spiro atoms. The highest BCUT2D eigenvalue weighted by Gasteiger charge is 2.54. The molecule has 3 aliphatic rings. The molecule has 0 N–H and O–H groups in total. The van der Waals surface area contributed by atoms with Gasteiger partial charge in [-0.15, -0.1) is 0 Å². The lowest BCUT2D eigenvalue weighted by molar-refractivity contribution is -0.148. The fourth-order valence-corrected chi connectivity index (χ4v) is 4.53. The summed E-state index contributed by atoms with van der Waals surface area (Å²) in [5, 5.41) is 0. The maximum absolute atomic E-state index is 12.5. The van der Waals surface area contributed by atoms with Crippen molar-refractivity contribution in [2.75, 3.05) is 13.1 Å². The van der Waals surface area contributed by atoms with E-state index >= 15 is 0 Å². The number of hydrogen-bond acceptors (Lipinski definition) is 3. The van der Waals surface area contributed by atoms with Crippen LogP contribution in [0, 0.1) is 24.7 Å². The number of rotatable bonds is 2. The number of fused-ring (bicyclic) bond motifs is 2. The Morgan fingerprint density at radius 2 is 1.63 bits per heavy atom. The molecule has 2 saturated heterocycles. The fraction of sp³-hybridized carbons (Fsp3) is 0.500. The van der Waals surface area contributed by atoms with E-state index in [1.165, 1.54) is 4.31 Å². The molecule has 0 amide bonds. The lowest BCUT2D eigenvalue weighted by Gasteiger charge is -2.49. The van der Waals surface area contributed by atoms with Crippen LogP contribution in [0.4, 0.5) is 0 Å². The number of Topliss-reactive ketones (excluding diaryl/α,β-unsaturated/α-hetero) is 1. The number of carbonyl (C=O) groups is 1. The first kappa shape index (κ1) is 12.8. The van der Waals surface area contributed by atoms with Gasteiger partial charge in [-0.05, 0) is 25.0 Å². The number of piperidine rings is 2. The van der Waals surface area contributed by atoms with E-state index in [2.05, 4.69) is 0 Å². The summed E-state index contributed by atoms with van der Waals surface area (Å²) in [4.78, 5) is 12.0. The summed E-state index contributed by atoms with van der Waals surface area (Å²) in [5.74, 6) is 0.373. The summed E-state index contributed by atoms with van der Waals surface area (Å²) >= 11 is 0. The minimum absolute atomic E-state index is 0.0982. The van der Waals surface area contributed by atoms with E-state index < -0.39 is 10.0 Å². The van der Waals surface area contributed by atoms with Gasteiger partial charge in [0.15, 0.2) is 0 Å². The summed E-state index contributed by atoms with van der Waals surface area (Å²) in [6, 6.07) is 6.86. The van der Waals surface area contributed by atoms with Crippen molar-refractivity contribution >= 4 is 15.8 Å². The highest BCUT2D eigenvalue weighted by Crippen LogP contribution is 2.43. The van der Waals surface area contributed by atoms with Crippen LogP contribution in [0.5, 0.6) is 0 Å². The van der Waals surface area contributed by atoms with Crippen molar-refractivity contribution < 1.29 is 13.2 Å². The van der Waals surface area contributed by atoms with E-state index in [1.807, 2.05) is 13.8 Å². The first-order chi connectivity index (χ1) is 8.91. The lowest BCUT2D eigenvalue weighted by atomic mass is 9.62. The van der Waals surface area contributed by atoms with Gasteiger partial charge in [0, 0.05) is 24.9 Å². The molecule has 1 aromatic rings. The molecule has 5 heteroatoms. The smallest absolute Gasteiger partial charge is 0.243 e. The predicted octanol–water partition coefficient (Wildman–Crippen LogP) is 1.45. The number of benzene rings is 1. The molecule has 2 atom stereocenters. The van der Waals surface area contributed by atoms with Crippen molar-refractivity contribution in [3.05, 3.63) is 29.8 Å². The van der Waals surface area contributed by atoms with Crippen LogP contribution >= 0.6 is 0 Å². The Hall–Kier alpha value is -1.20. The molecule has 2 unspecified atom stereocenters. The van der Waals surface area contributed by atoms with Crippen LogP contribution in [0.15, 0.2) is 29.2 Å². The first-order valence-electron chi connectivity index (χ1n) is 6.52. The highest BCUT2D eigenvalue weighted by molar-refractivity contribution is 7.89. The molecule has 102 valence electrons. The average molecular weight is 279 g/mol. The van der Waals surface area contributed by atoms with Gasteiger partial charge >= 0.3 is 0 Å². The van der Waals surface area contributed by atoms with Crippen LogP contribution in [0.25, 0.3) is 0 Å². The molecular formula is C14H17NO3S. The number of hydrogen-bond donors (Lipinski definition) is 0. The monoisotopic (exact) mass is 279 g/mol. The maximum atomic E-state index is 12.5. The average Bonchev–Trinajstić information content (AvgIpc) is 2.40. The Labute approximate surface area is 113 Å². The summed E-state index contributed by atoms with van der Waals surface area (Å²) in [6.07, 6.45) is 0. The van der Waals surface area contributed by atoms with Gasteiger partial charge in [-0.2, -0.15) is 4.31 Å². The van der Waals surface area contributed by atoms with Crippen molar-refractivity contribution in [3.8, 4) is 0 Å². The number of ketones is 1. The zero-order valence-corrected chi connectivity index (χ0v) is 11.9. The van der Waals surface area contributed by atoms with E-state index in [1.54, 1.807) is 24.3 Å². The van der Waals surface area contributed by atoms with Crippen LogP contribution in [0.3, 0.4) is 0 Å². The third-order valence-electron chi connectivity index (χ3n) is 4.46. The van der Waals surface area contributed by atoms with Crippen molar-refractivity contribution in [1.29, 1.82) is 0 Å². The molecule has 2 bridgehead atoms. The van der Waals surface area contributed by atoms with Crippen LogP contribution in [0.1, 0.15) is 12.5 Å². The maximum Gasteiger partial charge on any atom is 0.243 e. The Bertz CT molecular complexity index is 605. The molecule has 2 heterocycles. The Kier molecular flexibility index (Phi) is 2.80. The van der Waals surface area contributed by atoms with Gasteiger partial charge in [0.1, 0.15) is 5.78 Å². The quantitative estimate of drug-likeness (QED) is 0.823. The molecule has 0 radical (unpaired) electrons. The van der Waals surface area contributed by atoms with E-state index in [4.69, 9.17) is 0 Å². The van der Waals surface area contributed by atoms with Crippen molar-refractivity contribution in [2.24, 2.45) is 17.8 Å². The van der Waals surface area contributed by atoms with Gasteiger partial charge < -0.3 is 0 Å². The van der Waals surface area contributed by atoms with Crippen LogP contribution < -0.4 is 0 Å². The lowest BCUT2D eigenvalue weighted by Crippen LogP contribution is -2.62. The second kappa shape index (κ2) is 4.15. The molecule has 4 rings (SSSR count). The summed E-state index contributed by atoms with van der Waals surface area (Å²) in [7, 11) is -3.45. The van der Waals surface area contributed by atoms with Crippen LogP contribution in [0.2, 0.25) is 0 Å². The van der Waals surface area contributed by atoms with E-state index in [0.29, 0.717) is 23.9 Å². The normalized spacial score (nSPS) is 31.1. The topological polar surface area (TPSA) is 54.5 Å². The van der Waals surface area contributed by atoms with E-state index in [-0.39, 0.29) is 17.6 Å².